The quantitative estimate of drug-likeness (QED) is 0.822. The van der Waals surface area contributed by atoms with E-state index in [2.05, 4.69) is 58.9 Å². The van der Waals surface area contributed by atoms with Crippen molar-refractivity contribution in [2.75, 3.05) is 0 Å². The first-order valence-corrected chi connectivity index (χ1v) is 7.15. The molecule has 0 aliphatic heterocycles. The second kappa shape index (κ2) is 6.03. The molecule has 2 aromatic heterocycles. The summed E-state index contributed by atoms with van der Waals surface area (Å²) in [4.78, 5) is 0. The highest BCUT2D eigenvalue weighted by Crippen LogP contribution is 2.16. The van der Waals surface area contributed by atoms with E-state index in [0.717, 1.165) is 13.1 Å². The number of rotatable bonds is 6. The highest BCUT2D eigenvalue weighted by atomic mass is 32.1. The molecule has 2 nitrogen and oxygen atoms in total. The fourth-order valence-electron chi connectivity index (χ4n) is 1.97. The smallest absolute Gasteiger partial charge is 0.0364 e. The fraction of sp³-hybridized carbons (Fsp3) is 0.429. The van der Waals surface area contributed by atoms with Crippen LogP contribution < -0.4 is 5.32 Å². The molecule has 0 bridgehead atoms. The molecule has 0 fully saturated rings. The highest BCUT2D eigenvalue weighted by molar-refractivity contribution is 7.07. The number of thiophene rings is 1. The van der Waals surface area contributed by atoms with Gasteiger partial charge in [-0.2, -0.15) is 11.3 Å². The monoisotopic (exact) mass is 248 g/mol. The lowest BCUT2D eigenvalue weighted by Crippen LogP contribution is -2.19. The molecule has 0 aromatic carbocycles. The lowest BCUT2D eigenvalue weighted by atomic mass is 10.2. The van der Waals surface area contributed by atoms with Crippen LogP contribution in [0.2, 0.25) is 0 Å². The Balaban J connectivity index is 1.91. The molecule has 0 amide bonds. The van der Waals surface area contributed by atoms with E-state index in [0.29, 0.717) is 6.04 Å². The van der Waals surface area contributed by atoms with Crippen molar-refractivity contribution in [3.8, 4) is 0 Å². The van der Waals surface area contributed by atoms with E-state index in [1.807, 2.05) is 0 Å². The van der Waals surface area contributed by atoms with Crippen LogP contribution in [-0.2, 0) is 13.1 Å². The molecule has 2 heterocycles. The minimum absolute atomic E-state index is 0.422. The molecule has 0 radical (unpaired) electrons. The van der Waals surface area contributed by atoms with E-state index in [-0.39, 0.29) is 0 Å². The van der Waals surface area contributed by atoms with Gasteiger partial charge in [0, 0.05) is 31.0 Å². The van der Waals surface area contributed by atoms with Gasteiger partial charge in [-0.3, -0.25) is 0 Å². The van der Waals surface area contributed by atoms with Crippen molar-refractivity contribution in [3.63, 3.8) is 0 Å². The lowest BCUT2D eigenvalue weighted by molar-refractivity contribution is 0.543. The van der Waals surface area contributed by atoms with Crippen LogP contribution in [0.1, 0.15) is 37.6 Å². The largest absolute Gasteiger partial charge is 0.350 e. The molecule has 0 aliphatic rings. The summed E-state index contributed by atoms with van der Waals surface area (Å²) >= 11 is 1.76. The van der Waals surface area contributed by atoms with Gasteiger partial charge >= 0.3 is 0 Å². The molecule has 92 valence electrons. The zero-order valence-electron chi connectivity index (χ0n) is 10.5. The Morgan fingerprint density at radius 2 is 2.29 bits per heavy atom. The SMILES string of the molecule is CCCn1cccc1CNC(C)c1ccsc1. The molecule has 0 aliphatic carbocycles. The van der Waals surface area contributed by atoms with Crippen LogP contribution in [0.4, 0.5) is 0 Å². The third-order valence-corrected chi connectivity index (χ3v) is 3.72. The zero-order valence-corrected chi connectivity index (χ0v) is 11.3. The third kappa shape index (κ3) is 3.20. The maximum absolute atomic E-state index is 3.57. The van der Waals surface area contributed by atoms with Gasteiger partial charge in [-0.1, -0.05) is 6.92 Å². The van der Waals surface area contributed by atoms with Gasteiger partial charge < -0.3 is 9.88 Å². The molecule has 0 saturated carbocycles. The maximum Gasteiger partial charge on any atom is 0.0364 e. The van der Waals surface area contributed by atoms with Crippen molar-refractivity contribution < 1.29 is 0 Å². The molecule has 3 heteroatoms. The summed E-state index contributed by atoms with van der Waals surface area (Å²) < 4.78 is 2.33. The Hall–Kier alpha value is -1.06. The summed E-state index contributed by atoms with van der Waals surface area (Å²) in [5.74, 6) is 0. The second-order valence-corrected chi connectivity index (χ2v) is 5.13. The molecular formula is C14H20N2S. The van der Waals surface area contributed by atoms with Gasteiger partial charge in [0.15, 0.2) is 0 Å². The molecular weight excluding hydrogens is 228 g/mol. The van der Waals surface area contributed by atoms with Crippen LogP contribution in [0.5, 0.6) is 0 Å². The molecule has 17 heavy (non-hydrogen) atoms. The molecule has 2 rings (SSSR count). The van der Waals surface area contributed by atoms with Gasteiger partial charge in [0.25, 0.3) is 0 Å². The van der Waals surface area contributed by atoms with E-state index in [4.69, 9.17) is 0 Å². The van der Waals surface area contributed by atoms with Crippen molar-refractivity contribution in [1.82, 2.24) is 9.88 Å². The summed E-state index contributed by atoms with van der Waals surface area (Å²) in [6.07, 6.45) is 3.34. The van der Waals surface area contributed by atoms with Crippen LogP contribution in [-0.4, -0.2) is 4.57 Å². The number of nitrogens with zero attached hydrogens (tertiary/aromatic N) is 1. The Morgan fingerprint density at radius 3 is 3.00 bits per heavy atom. The fourth-order valence-corrected chi connectivity index (χ4v) is 2.72. The van der Waals surface area contributed by atoms with Crippen molar-refractivity contribution in [3.05, 3.63) is 46.4 Å². The van der Waals surface area contributed by atoms with Crippen LogP contribution in [0.15, 0.2) is 35.2 Å². The summed E-state index contributed by atoms with van der Waals surface area (Å²) in [6, 6.07) is 6.93. The van der Waals surface area contributed by atoms with E-state index in [9.17, 15) is 0 Å². The van der Waals surface area contributed by atoms with Crippen molar-refractivity contribution >= 4 is 11.3 Å². The Bertz CT molecular complexity index is 431. The van der Waals surface area contributed by atoms with Crippen LogP contribution in [0.25, 0.3) is 0 Å². The number of aryl methyl sites for hydroxylation is 1. The minimum Gasteiger partial charge on any atom is -0.350 e. The van der Waals surface area contributed by atoms with Crippen LogP contribution in [0, 0.1) is 0 Å². The first kappa shape index (κ1) is 12.4. The third-order valence-electron chi connectivity index (χ3n) is 3.02. The van der Waals surface area contributed by atoms with E-state index in [1.54, 1.807) is 11.3 Å². The molecule has 2 aromatic rings. The van der Waals surface area contributed by atoms with Gasteiger partial charge in [0.1, 0.15) is 0 Å². The summed E-state index contributed by atoms with van der Waals surface area (Å²) in [6.45, 7) is 6.47. The summed E-state index contributed by atoms with van der Waals surface area (Å²) in [5.41, 5.74) is 2.75. The first-order chi connectivity index (χ1) is 8.31. The average molecular weight is 248 g/mol. The van der Waals surface area contributed by atoms with E-state index >= 15 is 0 Å². The number of nitrogens with one attached hydrogen (secondary N) is 1. The molecule has 0 saturated heterocycles. The number of hydrogen-bond donors (Lipinski definition) is 1. The summed E-state index contributed by atoms with van der Waals surface area (Å²) in [7, 11) is 0. The number of aromatic nitrogens is 1. The standard InChI is InChI=1S/C14H20N2S/c1-3-7-16-8-4-5-14(16)10-15-12(2)13-6-9-17-11-13/h4-6,8-9,11-12,15H,3,7,10H2,1-2H3. The number of hydrogen-bond acceptors (Lipinski definition) is 2. The maximum atomic E-state index is 3.57. The molecule has 1 N–H and O–H groups in total. The topological polar surface area (TPSA) is 17.0 Å². The Labute approximate surface area is 107 Å². The van der Waals surface area contributed by atoms with Crippen LogP contribution in [0.3, 0.4) is 0 Å². The van der Waals surface area contributed by atoms with Gasteiger partial charge in [0.2, 0.25) is 0 Å². The van der Waals surface area contributed by atoms with Crippen LogP contribution >= 0.6 is 11.3 Å². The minimum atomic E-state index is 0.422. The predicted octanol–water partition coefficient (Wildman–Crippen LogP) is 3.81. The second-order valence-electron chi connectivity index (χ2n) is 4.35. The van der Waals surface area contributed by atoms with E-state index < -0.39 is 0 Å². The normalized spacial score (nSPS) is 12.8. The van der Waals surface area contributed by atoms with Gasteiger partial charge in [-0.05, 0) is 47.9 Å². The Kier molecular flexibility index (Phi) is 4.40. The van der Waals surface area contributed by atoms with Crippen molar-refractivity contribution in [1.29, 1.82) is 0 Å². The lowest BCUT2D eigenvalue weighted by Gasteiger charge is -2.14. The first-order valence-electron chi connectivity index (χ1n) is 6.20. The highest BCUT2D eigenvalue weighted by Gasteiger charge is 2.06. The average Bonchev–Trinajstić information content (AvgIpc) is 2.97. The molecule has 0 spiro atoms. The summed E-state index contributed by atoms with van der Waals surface area (Å²) in [5, 5.41) is 7.92. The Morgan fingerprint density at radius 1 is 1.41 bits per heavy atom. The van der Waals surface area contributed by atoms with Gasteiger partial charge in [0.05, 0.1) is 0 Å². The van der Waals surface area contributed by atoms with Crippen molar-refractivity contribution in [2.24, 2.45) is 0 Å². The zero-order chi connectivity index (χ0) is 12.1. The van der Waals surface area contributed by atoms with Gasteiger partial charge in [-0.25, -0.2) is 0 Å². The van der Waals surface area contributed by atoms with E-state index in [1.165, 1.54) is 17.7 Å². The van der Waals surface area contributed by atoms with Crippen molar-refractivity contribution in [2.45, 2.75) is 39.4 Å². The van der Waals surface area contributed by atoms with Gasteiger partial charge in [-0.15, -0.1) is 0 Å². The molecule has 1 unspecified atom stereocenters. The molecule has 1 atom stereocenters. The predicted molar refractivity (Wildman–Crippen MR) is 74.3 cm³/mol.